The first-order valence-electron chi connectivity index (χ1n) is 8.07. The Bertz CT molecular complexity index is 423. The SMILES string of the molecule is Nc1ccnn1CCCC1C2CC3CC(C2)CC1C3. The minimum atomic E-state index is 0.810. The number of nitrogen functional groups attached to an aromatic ring is 1. The largest absolute Gasteiger partial charge is 0.384 e. The van der Waals surface area contributed by atoms with E-state index in [4.69, 9.17) is 5.73 Å². The molecule has 5 rings (SSSR count). The highest BCUT2D eigenvalue weighted by atomic mass is 15.3. The molecule has 0 radical (unpaired) electrons. The third-order valence-corrected chi connectivity index (χ3v) is 6.08. The molecule has 0 aromatic carbocycles. The van der Waals surface area contributed by atoms with E-state index in [0.29, 0.717) is 0 Å². The third kappa shape index (κ3) is 2.07. The summed E-state index contributed by atoms with van der Waals surface area (Å²) in [6.45, 7) is 1.00. The van der Waals surface area contributed by atoms with Crippen LogP contribution in [0.15, 0.2) is 12.3 Å². The molecular formula is C16H25N3. The molecule has 1 aromatic rings. The Hall–Kier alpha value is -0.990. The summed E-state index contributed by atoms with van der Waals surface area (Å²) in [5, 5.41) is 4.28. The van der Waals surface area contributed by atoms with E-state index in [1.807, 2.05) is 10.7 Å². The Morgan fingerprint density at radius 3 is 2.37 bits per heavy atom. The number of anilines is 1. The third-order valence-electron chi connectivity index (χ3n) is 6.08. The zero-order chi connectivity index (χ0) is 12.8. The van der Waals surface area contributed by atoms with Gasteiger partial charge in [-0.25, -0.2) is 0 Å². The van der Waals surface area contributed by atoms with Crippen LogP contribution < -0.4 is 5.73 Å². The van der Waals surface area contributed by atoms with Crippen molar-refractivity contribution in [3.63, 3.8) is 0 Å². The number of rotatable bonds is 4. The van der Waals surface area contributed by atoms with Gasteiger partial charge in [-0.3, -0.25) is 4.68 Å². The lowest BCUT2D eigenvalue weighted by molar-refractivity contribution is -0.0406. The molecule has 0 unspecified atom stereocenters. The highest BCUT2D eigenvalue weighted by molar-refractivity contribution is 5.25. The second-order valence-corrected chi connectivity index (χ2v) is 7.22. The molecule has 0 aliphatic heterocycles. The molecule has 104 valence electrons. The van der Waals surface area contributed by atoms with Crippen molar-refractivity contribution in [1.29, 1.82) is 0 Å². The number of hydrogen-bond acceptors (Lipinski definition) is 2. The number of aromatic nitrogens is 2. The molecule has 0 atom stereocenters. The van der Waals surface area contributed by atoms with Crippen LogP contribution in [0, 0.1) is 29.6 Å². The van der Waals surface area contributed by atoms with Crippen molar-refractivity contribution in [2.45, 2.75) is 51.5 Å². The molecule has 0 amide bonds. The summed E-state index contributed by atoms with van der Waals surface area (Å²) < 4.78 is 1.95. The molecule has 4 aliphatic carbocycles. The van der Waals surface area contributed by atoms with Crippen molar-refractivity contribution >= 4 is 5.82 Å². The minimum absolute atomic E-state index is 0.810. The zero-order valence-corrected chi connectivity index (χ0v) is 11.7. The van der Waals surface area contributed by atoms with Crippen LogP contribution in [0.1, 0.15) is 44.9 Å². The van der Waals surface area contributed by atoms with Crippen LogP contribution in [0.3, 0.4) is 0 Å². The predicted molar refractivity (Wildman–Crippen MR) is 76.4 cm³/mol. The van der Waals surface area contributed by atoms with E-state index in [2.05, 4.69) is 5.10 Å². The van der Waals surface area contributed by atoms with Crippen molar-refractivity contribution in [2.24, 2.45) is 29.6 Å². The Kier molecular flexibility index (Phi) is 2.82. The summed E-state index contributed by atoms with van der Waals surface area (Å²) in [6.07, 6.45) is 12.2. The van der Waals surface area contributed by atoms with Gasteiger partial charge in [-0.05, 0) is 80.6 Å². The molecule has 4 saturated carbocycles. The van der Waals surface area contributed by atoms with Crippen LogP contribution >= 0.6 is 0 Å². The summed E-state index contributed by atoms with van der Waals surface area (Å²) >= 11 is 0. The van der Waals surface area contributed by atoms with Gasteiger partial charge in [-0.1, -0.05) is 0 Å². The van der Waals surface area contributed by atoms with Gasteiger partial charge in [0.25, 0.3) is 0 Å². The summed E-state index contributed by atoms with van der Waals surface area (Å²) in [6, 6.07) is 1.89. The Balaban J connectivity index is 1.35. The Morgan fingerprint density at radius 2 is 1.79 bits per heavy atom. The average molecular weight is 259 g/mol. The molecule has 4 fully saturated rings. The molecule has 19 heavy (non-hydrogen) atoms. The molecule has 0 saturated heterocycles. The number of aryl methyl sites for hydroxylation is 1. The predicted octanol–water partition coefficient (Wildman–Crippen LogP) is 3.32. The van der Waals surface area contributed by atoms with E-state index in [1.165, 1.54) is 12.8 Å². The van der Waals surface area contributed by atoms with Gasteiger partial charge in [0.2, 0.25) is 0 Å². The van der Waals surface area contributed by atoms with Crippen LogP contribution in [-0.2, 0) is 6.54 Å². The van der Waals surface area contributed by atoms with Gasteiger partial charge < -0.3 is 5.73 Å². The van der Waals surface area contributed by atoms with Crippen LogP contribution in [-0.4, -0.2) is 9.78 Å². The Labute approximate surface area is 115 Å². The average Bonchev–Trinajstić information content (AvgIpc) is 2.78. The first-order chi connectivity index (χ1) is 9.29. The maximum Gasteiger partial charge on any atom is 0.121 e. The quantitative estimate of drug-likeness (QED) is 0.901. The summed E-state index contributed by atoms with van der Waals surface area (Å²) in [5.41, 5.74) is 5.88. The van der Waals surface area contributed by atoms with Gasteiger partial charge in [0.05, 0.1) is 6.20 Å². The summed E-state index contributed by atoms with van der Waals surface area (Å²) in [7, 11) is 0. The highest BCUT2D eigenvalue weighted by Crippen LogP contribution is 2.57. The number of hydrogen-bond donors (Lipinski definition) is 1. The lowest BCUT2D eigenvalue weighted by atomic mass is 9.51. The van der Waals surface area contributed by atoms with E-state index < -0.39 is 0 Å². The topological polar surface area (TPSA) is 43.8 Å². The second-order valence-electron chi connectivity index (χ2n) is 7.22. The molecule has 1 aromatic heterocycles. The fraction of sp³-hybridized carbons (Fsp3) is 0.812. The monoisotopic (exact) mass is 259 g/mol. The smallest absolute Gasteiger partial charge is 0.121 e. The molecule has 1 heterocycles. The Morgan fingerprint density at radius 1 is 1.11 bits per heavy atom. The van der Waals surface area contributed by atoms with E-state index in [9.17, 15) is 0 Å². The van der Waals surface area contributed by atoms with Crippen molar-refractivity contribution in [2.75, 3.05) is 5.73 Å². The van der Waals surface area contributed by atoms with Crippen LogP contribution in [0.2, 0.25) is 0 Å². The fourth-order valence-corrected chi connectivity index (χ4v) is 5.52. The second kappa shape index (κ2) is 4.53. The molecule has 4 aliphatic rings. The van der Waals surface area contributed by atoms with Gasteiger partial charge in [-0.2, -0.15) is 5.10 Å². The lowest BCUT2D eigenvalue weighted by Crippen LogP contribution is -2.45. The summed E-state index contributed by atoms with van der Waals surface area (Å²) in [4.78, 5) is 0. The van der Waals surface area contributed by atoms with E-state index in [1.54, 1.807) is 38.3 Å². The van der Waals surface area contributed by atoms with Crippen molar-refractivity contribution in [3.05, 3.63) is 12.3 Å². The van der Waals surface area contributed by atoms with Crippen LogP contribution in [0.5, 0.6) is 0 Å². The lowest BCUT2D eigenvalue weighted by Gasteiger charge is -2.54. The number of nitrogens with zero attached hydrogens (tertiary/aromatic N) is 2. The fourth-order valence-electron chi connectivity index (χ4n) is 5.52. The van der Waals surface area contributed by atoms with Crippen molar-refractivity contribution in [1.82, 2.24) is 9.78 Å². The minimum Gasteiger partial charge on any atom is -0.384 e. The van der Waals surface area contributed by atoms with Gasteiger partial charge in [0.1, 0.15) is 5.82 Å². The molecular weight excluding hydrogens is 234 g/mol. The molecule has 2 N–H and O–H groups in total. The van der Waals surface area contributed by atoms with Crippen molar-refractivity contribution < 1.29 is 0 Å². The van der Waals surface area contributed by atoms with Gasteiger partial charge in [-0.15, -0.1) is 0 Å². The van der Waals surface area contributed by atoms with Gasteiger partial charge in [0, 0.05) is 6.54 Å². The normalized spacial score (nSPS) is 39.9. The first kappa shape index (κ1) is 11.8. The van der Waals surface area contributed by atoms with E-state index >= 15 is 0 Å². The standard InChI is InChI=1S/C16H25N3/c17-16-3-4-18-19(16)5-1-2-15-13-7-11-6-12(9-13)10-14(15)8-11/h3-4,11-15H,1-2,5-10,17H2. The van der Waals surface area contributed by atoms with Crippen LogP contribution in [0.25, 0.3) is 0 Å². The molecule has 4 bridgehead atoms. The van der Waals surface area contributed by atoms with Gasteiger partial charge >= 0.3 is 0 Å². The van der Waals surface area contributed by atoms with Crippen molar-refractivity contribution in [3.8, 4) is 0 Å². The van der Waals surface area contributed by atoms with Gasteiger partial charge in [0.15, 0.2) is 0 Å². The number of nitrogens with two attached hydrogens (primary N) is 1. The first-order valence-corrected chi connectivity index (χ1v) is 8.07. The highest BCUT2D eigenvalue weighted by Gasteiger charge is 2.47. The molecule has 0 spiro atoms. The molecule has 3 nitrogen and oxygen atoms in total. The zero-order valence-electron chi connectivity index (χ0n) is 11.7. The maximum atomic E-state index is 5.88. The van der Waals surface area contributed by atoms with E-state index in [-0.39, 0.29) is 0 Å². The van der Waals surface area contributed by atoms with E-state index in [0.717, 1.165) is 42.0 Å². The molecule has 3 heteroatoms. The summed E-state index contributed by atoms with van der Waals surface area (Å²) in [5.74, 6) is 6.15. The maximum absolute atomic E-state index is 5.88. The van der Waals surface area contributed by atoms with Crippen LogP contribution in [0.4, 0.5) is 5.82 Å².